The fourth-order valence-electron chi connectivity index (χ4n) is 1.83. The van der Waals surface area contributed by atoms with Gasteiger partial charge in [0, 0.05) is 0 Å². The first kappa shape index (κ1) is 16.9. The molecule has 0 saturated heterocycles. The minimum Gasteiger partial charge on any atom is -0.465 e. The number of hydrogen-bond acceptors (Lipinski definition) is 3. The van der Waals surface area contributed by atoms with Crippen molar-refractivity contribution in [2.75, 3.05) is 12.4 Å². The van der Waals surface area contributed by atoms with Crippen LogP contribution >= 0.6 is 23.2 Å². The van der Waals surface area contributed by atoms with Gasteiger partial charge in [-0.05, 0) is 24.6 Å². The molecule has 0 aromatic heterocycles. The molecule has 1 unspecified atom stereocenters. The topological polar surface area (TPSA) is 55.4 Å². The Morgan fingerprint density at radius 2 is 1.95 bits per heavy atom. The first-order valence-electron chi connectivity index (χ1n) is 6.04. The molecule has 0 heterocycles. The summed E-state index contributed by atoms with van der Waals surface area (Å²) in [6.45, 7) is 0. The van der Waals surface area contributed by atoms with E-state index in [0.717, 1.165) is 19.2 Å². The zero-order valence-electron chi connectivity index (χ0n) is 11.1. The summed E-state index contributed by atoms with van der Waals surface area (Å²) in [7, 11) is 1.08. The molecule has 1 saturated carbocycles. The lowest BCUT2D eigenvalue weighted by molar-refractivity contribution is -0.137. The molecule has 4 nitrogen and oxygen atoms in total. The number of hydrogen-bond donors (Lipinski definition) is 1. The summed E-state index contributed by atoms with van der Waals surface area (Å²) in [6.07, 6.45) is -4.43. The van der Waals surface area contributed by atoms with Crippen LogP contribution in [0.2, 0.25) is 0 Å². The molecule has 22 heavy (non-hydrogen) atoms. The molecule has 0 aliphatic heterocycles. The molecule has 120 valence electrons. The third-order valence-electron chi connectivity index (χ3n) is 3.15. The Labute approximate surface area is 133 Å². The summed E-state index contributed by atoms with van der Waals surface area (Å²) in [4.78, 5) is 23.5. The van der Waals surface area contributed by atoms with Crippen LogP contribution in [0.15, 0.2) is 18.2 Å². The fraction of sp³-hybridized carbons (Fsp3) is 0.385. The van der Waals surface area contributed by atoms with Crippen LogP contribution in [0.25, 0.3) is 0 Å². The van der Waals surface area contributed by atoms with Gasteiger partial charge in [-0.25, -0.2) is 4.79 Å². The van der Waals surface area contributed by atoms with Gasteiger partial charge in [-0.15, -0.1) is 23.2 Å². The summed E-state index contributed by atoms with van der Waals surface area (Å²) in [5.74, 6) is -2.27. The molecule has 1 fully saturated rings. The van der Waals surface area contributed by atoms with Crippen LogP contribution in [-0.2, 0) is 15.7 Å². The summed E-state index contributed by atoms with van der Waals surface area (Å²) >= 11 is 11.5. The Bertz CT molecular complexity index is 631. The minimum atomic E-state index is -4.61. The zero-order chi connectivity index (χ0) is 16.7. The van der Waals surface area contributed by atoms with Crippen LogP contribution in [0.3, 0.4) is 0 Å². The van der Waals surface area contributed by atoms with E-state index in [1.807, 2.05) is 0 Å². The van der Waals surface area contributed by atoms with Crippen molar-refractivity contribution >= 4 is 40.8 Å². The van der Waals surface area contributed by atoms with Crippen molar-refractivity contribution in [2.24, 2.45) is 5.92 Å². The molecule has 0 spiro atoms. The van der Waals surface area contributed by atoms with Gasteiger partial charge < -0.3 is 10.1 Å². The number of ether oxygens (including phenoxy) is 1. The third-order valence-corrected chi connectivity index (χ3v) is 3.99. The van der Waals surface area contributed by atoms with Gasteiger partial charge in [0.1, 0.15) is 4.33 Å². The van der Waals surface area contributed by atoms with Crippen molar-refractivity contribution in [3.05, 3.63) is 29.3 Å². The summed E-state index contributed by atoms with van der Waals surface area (Å²) in [5.41, 5.74) is -1.50. The fourth-order valence-corrected chi connectivity index (χ4v) is 2.34. The first-order chi connectivity index (χ1) is 10.1. The predicted molar refractivity (Wildman–Crippen MR) is 74.0 cm³/mol. The molecule has 1 aliphatic rings. The molecule has 2 rings (SSSR count). The highest BCUT2D eigenvalue weighted by molar-refractivity contribution is 6.52. The number of carbonyl (C=O) groups excluding carboxylic acids is 2. The number of carbonyl (C=O) groups is 2. The van der Waals surface area contributed by atoms with Gasteiger partial charge in [0.2, 0.25) is 5.91 Å². The van der Waals surface area contributed by atoms with E-state index in [-0.39, 0.29) is 17.7 Å². The van der Waals surface area contributed by atoms with E-state index in [0.29, 0.717) is 6.07 Å². The van der Waals surface area contributed by atoms with Crippen molar-refractivity contribution < 1.29 is 27.5 Å². The largest absolute Gasteiger partial charge is 0.465 e. The maximum Gasteiger partial charge on any atom is 0.416 e. The summed E-state index contributed by atoms with van der Waals surface area (Å²) in [5, 5.41) is 2.25. The van der Waals surface area contributed by atoms with Crippen LogP contribution in [0.4, 0.5) is 18.9 Å². The standard InChI is InChI=1S/C13H10Cl2F3NO3/c1-22-11(21)7-3-2-6(13(16,17)18)4-9(7)19-10(20)8-5-12(8,14)15/h2-4,8H,5H2,1H3,(H,19,20). The maximum absolute atomic E-state index is 12.7. The molecule has 0 bridgehead atoms. The number of rotatable bonds is 3. The molecule has 1 atom stereocenters. The van der Waals surface area contributed by atoms with Gasteiger partial charge in [0.15, 0.2) is 0 Å². The summed E-state index contributed by atoms with van der Waals surface area (Å²) < 4.78 is 41.5. The molecule has 1 aromatic carbocycles. The van der Waals surface area contributed by atoms with Crippen LogP contribution in [0.1, 0.15) is 22.3 Å². The predicted octanol–water partition coefficient (Wildman–Crippen LogP) is 3.62. The Hall–Kier alpha value is -1.47. The second-order valence-corrected chi connectivity index (χ2v) is 6.30. The van der Waals surface area contributed by atoms with E-state index >= 15 is 0 Å². The monoisotopic (exact) mass is 355 g/mol. The lowest BCUT2D eigenvalue weighted by atomic mass is 10.1. The van der Waals surface area contributed by atoms with Gasteiger partial charge >= 0.3 is 12.1 Å². The zero-order valence-corrected chi connectivity index (χ0v) is 12.6. The van der Waals surface area contributed by atoms with Crippen molar-refractivity contribution in [3.8, 4) is 0 Å². The van der Waals surface area contributed by atoms with Crippen LogP contribution in [0, 0.1) is 5.92 Å². The minimum absolute atomic E-state index is 0.189. The second-order valence-electron chi connectivity index (χ2n) is 4.76. The molecule has 1 amide bonds. The van der Waals surface area contributed by atoms with E-state index in [1.54, 1.807) is 0 Å². The highest BCUT2D eigenvalue weighted by Gasteiger charge is 2.56. The number of halogens is 5. The van der Waals surface area contributed by atoms with Gasteiger partial charge in [-0.2, -0.15) is 13.2 Å². The number of amides is 1. The SMILES string of the molecule is COC(=O)c1ccc(C(F)(F)F)cc1NC(=O)C1CC1(Cl)Cl. The lowest BCUT2D eigenvalue weighted by Crippen LogP contribution is -2.20. The highest BCUT2D eigenvalue weighted by atomic mass is 35.5. The van der Waals surface area contributed by atoms with Gasteiger partial charge in [-0.3, -0.25) is 4.79 Å². The Balaban J connectivity index is 2.33. The van der Waals surface area contributed by atoms with Crippen molar-refractivity contribution in [1.29, 1.82) is 0 Å². The van der Waals surface area contributed by atoms with Gasteiger partial charge in [0.25, 0.3) is 0 Å². The van der Waals surface area contributed by atoms with Crippen molar-refractivity contribution in [1.82, 2.24) is 0 Å². The van der Waals surface area contributed by atoms with Crippen LogP contribution in [-0.4, -0.2) is 23.3 Å². The van der Waals surface area contributed by atoms with Gasteiger partial charge in [0.05, 0.1) is 29.8 Å². The molecule has 0 radical (unpaired) electrons. The molecular formula is C13H10Cl2F3NO3. The Morgan fingerprint density at radius 3 is 2.41 bits per heavy atom. The van der Waals surface area contributed by atoms with E-state index in [2.05, 4.69) is 10.1 Å². The quantitative estimate of drug-likeness (QED) is 0.665. The Morgan fingerprint density at radius 1 is 1.36 bits per heavy atom. The molecule has 1 aliphatic carbocycles. The average molecular weight is 356 g/mol. The average Bonchev–Trinajstić information content (AvgIpc) is 3.06. The van der Waals surface area contributed by atoms with E-state index in [9.17, 15) is 22.8 Å². The van der Waals surface area contributed by atoms with Crippen LogP contribution in [0.5, 0.6) is 0 Å². The second kappa shape index (κ2) is 5.62. The smallest absolute Gasteiger partial charge is 0.416 e. The highest BCUT2D eigenvalue weighted by Crippen LogP contribution is 2.53. The lowest BCUT2D eigenvalue weighted by Gasteiger charge is -2.13. The van der Waals surface area contributed by atoms with Crippen LogP contribution < -0.4 is 5.32 Å². The molecule has 1 N–H and O–H groups in total. The Kier molecular flexibility index (Phi) is 4.32. The van der Waals surface area contributed by atoms with Crippen molar-refractivity contribution in [2.45, 2.75) is 16.9 Å². The van der Waals surface area contributed by atoms with Gasteiger partial charge in [-0.1, -0.05) is 0 Å². The molecular weight excluding hydrogens is 346 g/mol. The number of esters is 1. The van der Waals surface area contributed by atoms with Crippen molar-refractivity contribution in [3.63, 3.8) is 0 Å². The normalized spacial score (nSPS) is 19.5. The third kappa shape index (κ3) is 3.47. The number of nitrogens with one attached hydrogen (secondary N) is 1. The van der Waals surface area contributed by atoms with E-state index in [1.165, 1.54) is 0 Å². The summed E-state index contributed by atoms with van der Waals surface area (Å²) in [6, 6.07) is 2.33. The first-order valence-corrected chi connectivity index (χ1v) is 6.80. The maximum atomic E-state index is 12.7. The molecule has 9 heteroatoms. The molecule has 1 aromatic rings. The number of methoxy groups -OCH3 is 1. The number of benzene rings is 1. The number of anilines is 1. The van der Waals surface area contributed by atoms with E-state index in [4.69, 9.17) is 23.2 Å². The number of alkyl halides is 5. The van der Waals surface area contributed by atoms with E-state index < -0.39 is 33.9 Å².